The molecule has 0 saturated heterocycles. The van der Waals surface area contributed by atoms with Gasteiger partial charge >= 0.3 is 0 Å². The third kappa shape index (κ3) is 14.9. The number of unbranched alkanes of at least 4 members (excludes halogenated alkanes) is 3. The van der Waals surface area contributed by atoms with Crippen LogP contribution in [0.4, 0.5) is 17.1 Å². The summed E-state index contributed by atoms with van der Waals surface area (Å²) in [6.45, 7) is 1.01. The van der Waals surface area contributed by atoms with Gasteiger partial charge in [-0.15, -0.1) is 12.4 Å². The minimum Gasteiger partial charge on any atom is -0.508 e. The zero-order chi connectivity index (χ0) is 62.8. The van der Waals surface area contributed by atoms with Gasteiger partial charge in [0.05, 0.1) is 0 Å². The molecular weight excluding hydrogens is 1150 g/mol. The minimum absolute atomic E-state index is 0. The van der Waals surface area contributed by atoms with E-state index in [2.05, 4.69) is 30.9 Å². The highest BCUT2D eigenvalue weighted by molar-refractivity contribution is 6.18. The van der Waals surface area contributed by atoms with E-state index in [9.17, 15) is 44.1 Å². The Kier molecular flexibility index (Phi) is 21.3. The number of nitrogens with two attached hydrogens (primary N) is 6. The predicted molar refractivity (Wildman–Crippen MR) is 349 cm³/mol. The first-order valence-electron chi connectivity index (χ1n) is 29.4. The lowest BCUT2D eigenvalue weighted by atomic mass is 9.83. The standard InChI is InChI=1S/C67H76N12O9.ClH/c68-28-4-1-25-65(71,58(83)31-43-37-74-55-22-19-49(80)34-52(43)55)62(86)77-46-13-7-40(8-14-46)61(41-9-15-47(16-10-41)78-63(87)66(72,26-2-5-29-69)59(84)32-44-38-75-56-23-20-50(81)35-53(44)56)42-11-17-48(18-12-42)79-64(88)67(73,27-3-6-30-70)60(85)33-45-39-76-57-24-21-51(82)36-54(45)57;/h7-24,34-39,61,74-76,80-82H,1-6,25-33,68-73H2,(H,77,86)(H,78,87)(H,79,88);1H/t65-,66-,67-;/m1./s1. The van der Waals surface area contributed by atoms with Crippen molar-refractivity contribution in [3.05, 3.63) is 179 Å². The summed E-state index contributed by atoms with van der Waals surface area (Å²) in [4.78, 5) is 94.8. The zero-order valence-corrected chi connectivity index (χ0v) is 50.0. The first kappa shape index (κ1) is 65.8. The van der Waals surface area contributed by atoms with E-state index in [1.54, 1.807) is 91.4 Å². The van der Waals surface area contributed by atoms with Gasteiger partial charge in [0.1, 0.15) is 17.2 Å². The Morgan fingerprint density at radius 1 is 0.393 bits per heavy atom. The summed E-state index contributed by atoms with van der Waals surface area (Å²) in [5, 5.41) is 41.1. The van der Waals surface area contributed by atoms with Crippen molar-refractivity contribution < 1.29 is 44.1 Å². The second-order valence-electron chi connectivity index (χ2n) is 22.7. The molecule has 0 bridgehead atoms. The molecule has 3 aromatic heterocycles. The number of amides is 3. The van der Waals surface area contributed by atoms with Gasteiger partial charge in [-0.25, -0.2) is 0 Å². The van der Waals surface area contributed by atoms with Crippen LogP contribution in [-0.2, 0) is 48.0 Å². The number of H-pyrrole nitrogens is 3. The average Bonchev–Trinajstić information content (AvgIpc) is 3.37. The Morgan fingerprint density at radius 2 is 0.652 bits per heavy atom. The van der Waals surface area contributed by atoms with Crippen molar-refractivity contribution in [2.24, 2.45) is 34.4 Å². The molecule has 21 nitrogen and oxygen atoms in total. The number of halogens is 1. The molecule has 6 aromatic carbocycles. The number of phenolic OH excluding ortho intramolecular Hbond substituents is 3. The lowest BCUT2D eigenvalue weighted by Gasteiger charge is -2.28. The Hall–Kier alpha value is -9.19. The maximum atomic E-state index is 14.3. The largest absolute Gasteiger partial charge is 0.508 e. The lowest BCUT2D eigenvalue weighted by Crippen LogP contribution is -2.58. The van der Waals surface area contributed by atoms with E-state index in [4.69, 9.17) is 34.4 Å². The molecule has 0 saturated carbocycles. The number of benzene rings is 6. The molecule has 0 aliphatic heterocycles. The number of rotatable bonds is 30. The molecule has 0 radical (unpaired) electrons. The van der Waals surface area contributed by atoms with E-state index in [-0.39, 0.29) is 68.2 Å². The van der Waals surface area contributed by atoms with Crippen LogP contribution in [0.2, 0.25) is 0 Å². The summed E-state index contributed by atoms with van der Waals surface area (Å²) in [7, 11) is 0. The van der Waals surface area contributed by atoms with Gasteiger partial charge in [-0.3, -0.25) is 28.8 Å². The summed E-state index contributed by atoms with van der Waals surface area (Å²) in [5.41, 5.74) is 39.2. The number of hydrogen-bond acceptors (Lipinski definition) is 15. The highest BCUT2D eigenvalue weighted by Crippen LogP contribution is 2.36. The van der Waals surface area contributed by atoms with Gasteiger partial charge in [0, 0.05) is 93.5 Å². The van der Waals surface area contributed by atoms with Gasteiger partial charge in [-0.2, -0.15) is 0 Å². The number of fused-ring (bicyclic) bond motifs is 3. The van der Waals surface area contributed by atoms with Crippen LogP contribution in [-0.4, -0.2) is 102 Å². The van der Waals surface area contributed by atoms with Crippen molar-refractivity contribution >= 4 is 97.2 Å². The van der Waals surface area contributed by atoms with Gasteiger partial charge < -0.3 is 80.6 Å². The third-order valence-electron chi connectivity index (χ3n) is 16.6. The average molecular weight is 1230 g/mol. The Balaban J connectivity index is 0.0000102. The SMILES string of the molecule is Cl.NCCCC[C@@](N)(C(=O)Cc1c[nH]c2ccc(O)cc12)C(=O)Nc1ccc(C(c2ccc(NC(=O)[C@@](N)(CCCCN)C(=O)Cc3c[nH]c4ccc(O)cc34)cc2)c2ccc(NC(=O)[C@@](N)(CCCCN)C(=O)Cc3c[nH]c4ccc(O)cc34)cc2)cc1. The second kappa shape index (κ2) is 28.8. The van der Waals surface area contributed by atoms with Crippen molar-refractivity contribution in [1.82, 2.24) is 15.0 Å². The van der Waals surface area contributed by atoms with Crippen LogP contribution in [0.15, 0.2) is 146 Å². The summed E-state index contributed by atoms with van der Waals surface area (Å²) < 4.78 is 0. The van der Waals surface area contributed by atoms with Crippen LogP contribution in [0.1, 0.15) is 97.1 Å². The molecule has 466 valence electrons. The Bertz CT molecular complexity index is 3590. The molecule has 3 heterocycles. The van der Waals surface area contributed by atoms with Crippen LogP contribution in [0.5, 0.6) is 17.2 Å². The summed E-state index contributed by atoms with van der Waals surface area (Å²) in [6, 6.07) is 35.4. The van der Waals surface area contributed by atoms with Gasteiger partial charge in [-0.1, -0.05) is 36.4 Å². The second-order valence-corrected chi connectivity index (χ2v) is 22.7. The van der Waals surface area contributed by atoms with Gasteiger partial charge in [0.15, 0.2) is 34.0 Å². The minimum atomic E-state index is -1.95. The van der Waals surface area contributed by atoms with E-state index in [0.29, 0.717) is 125 Å². The zero-order valence-electron chi connectivity index (χ0n) is 49.2. The maximum Gasteiger partial charge on any atom is 0.252 e. The summed E-state index contributed by atoms with van der Waals surface area (Å²) in [5.74, 6) is -4.16. The van der Waals surface area contributed by atoms with Crippen LogP contribution < -0.4 is 50.4 Å². The topological polar surface area (TPSA) is 403 Å². The molecule has 0 aliphatic rings. The van der Waals surface area contributed by atoms with E-state index in [0.717, 1.165) is 16.7 Å². The molecule has 0 fully saturated rings. The highest BCUT2D eigenvalue weighted by atomic mass is 35.5. The third-order valence-corrected chi connectivity index (χ3v) is 16.6. The van der Waals surface area contributed by atoms with Crippen molar-refractivity contribution in [2.75, 3.05) is 35.6 Å². The smallest absolute Gasteiger partial charge is 0.252 e. The fourth-order valence-electron chi connectivity index (χ4n) is 11.3. The Labute approximate surface area is 520 Å². The van der Waals surface area contributed by atoms with Crippen molar-refractivity contribution in [1.29, 1.82) is 0 Å². The monoisotopic (exact) mass is 1230 g/mol. The number of aromatic hydroxyl groups is 3. The predicted octanol–water partition coefficient (Wildman–Crippen LogP) is 7.58. The van der Waals surface area contributed by atoms with E-state index < -0.39 is 57.6 Å². The van der Waals surface area contributed by atoms with Crippen molar-refractivity contribution in [2.45, 2.75) is 99.6 Å². The summed E-state index contributed by atoms with van der Waals surface area (Å²) >= 11 is 0. The fraction of sp³-hybridized carbons (Fsp3) is 0.284. The molecule has 0 spiro atoms. The molecule has 3 atom stereocenters. The van der Waals surface area contributed by atoms with Crippen LogP contribution in [0, 0.1) is 0 Å². The van der Waals surface area contributed by atoms with Gasteiger partial charge in [-0.05, 0) is 202 Å². The van der Waals surface area contributed by atoms with Crippen molar-refractivity contribution in [3.63, 3.8) is 0 Å². The van der Waals surface area contributed by atoms with Crippen LogP contribution >= 0.6 is 12.4 Å². The van der Waals surface area contributed by atoms with E-state index >= 15 is 0 Å². The highest BCUT2D eigenvalue weighted by Gasteiger charge is 2.44. The lowest BCUT2D eigenvalue weighted by molar-refractivity contribution is -0.134. The number of ketones is 3. The van der Waals surface area contributed by atoms with Crippen LogP contribution in [0.3, 0.4) is 0 Å². The molecule has 21 N–H and O–H groups in total. The molecule has 9 rings (SSSR count). The molecule has 0 aliphatic carbocycles. The number of aromatic nitrogens is 3. The number of carbonyl (C=O) groups excluding carboxylic acids is 6. The quantitative estimate of drug-likeness (QED) is 0.0117. The first-order chi connectivity index (χ1) is 42.3. The summed E-state index contributed by atoms with van der Waals surface area (Å²) in [6.07, 6.45) is 7.32. The number of nitrogens with one attached hydrogen (secondary N) is 6. The molecule has 0 unspecified atom stereocenters. The fourth-order valence-corrected chi connectivity index (χ4v) is 11.3. The molecule has 9 aromatic rings. The number of hydrogen-bond donors (Lipinski definition) is 15. The van der Waals surface area contributed by atoms with Crippen molar-refractivity contribution in [3.8, 4) is 17.2 Å². The van der Waals surface area contributed by atoms with Gasteiger partial charge in [0.25, 0.3) is 17.7 Å². The maximum absolute atomic E-state index is 14.3. The number of phenols is 3. The Morgan fingerprint density at radius 3 is 0.899 bits per heavy atom. The molecular formula is C67H77ClN12O9. The normalized spacial score (nSPS) is 13.5. The number of carbonyl (C=O) groups is 6. The van der Waals surface area contributed by atoms with E-state index in [1.165, 1.54) is 18.2 Å². The van der Waals surface area contributed by atoms with Crippen LogP contribution in [0.25, 0.3) is 32.7 Å². The molecule has 3 amide bonds. The first-order valence-corrected chi connectivity index (χ1v) is 29.4. The van der Waals surface area contributed by atoms with Gasteiger partial charge in [0.2, 0.25) is 0 Å². The van der Waals surface area contributed by atoms with E-state index in [1.807, 2.05) is 36.4 Å². The number of anilines is 3. The number of Topliss-reactive ketones (excluding diaryl/α,β-unsaturated/α-hetero) is 3. The number of aromatic amines is 3. The molecule has 89 heavy (non-hydrogen) atoms. The molecule has 22 heteroatoms.